The minimum Gasteiger partial charge on any atom is -0.308 e. The molecule has 1 atom stereocenters. The summed E-state index contributed by atoms with van der Waals surface area (Å²) in [6.07, 6.45) is 4.85. The number of nitrogens with zero attached hydrogens (tertiary/aromatic N) is 2. The van der Waals surface area contributed by atoms with Gasteiger partial charge in [0.25, 0.3) is 0 Å². The molecule has 0 aliphatic carbocycles. The molecule has 2 aromatic rings. The van der Waals surface area contributed by atoms with Crippen LogP contribution in [0, 0.1) is 0 Å². The van der Waals surface area contributed by atoms with E-state index in [4.69, 9.17) is 0 Å². The van der Waals surface area contributed by atoms with Crippen LogP contribution in [0.5, 0.6) is 0 Å². The molecular formula is C17H21N3. The molecule has 0 spiro atoms. The normalized spacial score (nSPS) is 19.9. The van der Waals surface area contributed by atoms with Crippen molar-refractivity contribution in [3.63, 3.8) is 0 Å². The van der Waals surface area contributed by atoms with Crippen LogP contribution < -0.4 is 5.32 Å². The first-order valence-corrected chi connectivity index (χ1v) is 7.31. The first kappa shape index (κ1) is 13.3. The van der Waals surface area contributed by atoms with Gasteiger partial charge in [0.2, 0.25) is 0 Å². The van der Waals surface area contributed by atoms with Crippen molar-refractivity contribution in [1.82, 2.24) is 15.2 Å². The van der Waals surface area contributed by atoms with Gasteiger partial charge in [0.15, 0.2) is 0 Å². The highest BCUT2D eigenvalue weighted by atomic mass is 15.2. The van der Waals surface area contributed by atoms with Crippen LogP contribution in [0.25, 0.3) is 0 Å². The number of piperazine rings is 1. The van der Waals surface area contributed by atoms with Crippen molar-refractivity contribution >= 4 is 0 Å². The van der Waals surface area contributed by atoms with Crippen LogP contribution >= 0.6 is 0 Å². The highest BCUT2D eigenvalue weighted by Crippen LogP contribution is 2.17. The predicted octanol–water partition coefficient (Wildman–Crippen LogP) is 2.27. The molecule has 3 heteroatoms. The van der Waals surface area contributed by atoms with Crippen molar-refractivity contribution in [2.24, 2.45) is 0 Å². The second-order valence-electron chi connectivity index (χ2n) is 5.32. The molecule has 1 unspecified atom stereocenters. The third-order valence-corrected chi connectivity index (χ3v) is 3.93. The Morgan fingerprint density at radius 3 is 2.70 bits per heavy atom. The molecule has 0 saturated carbocycles. The van der Waals surface area contributed by atoms with Crippen LogP contribution in [-0.4, -0.2) is 36.1 Å². The van der Waals surface area contributed by atoms with Gasteiger partial charge in [-0.2, -0.15) is 0 Å². The zero-order valence-electron chi connectivity index (χ0n) is 11.7. The number of nitrogens with one attached hydrogen (secondary N) is 1. The smallest absolute Gasteiger partial charge is 0.0449 e. The van der Waals surface area contributed by atoms with Gasteiger partial charge >= 0.3 is 0 Å². The second kappa shape index (κ2) is 6.64. The molecule has 1 fully saturated rings. The molecule has 2 heterocycles. The van der Waals surface area contributed by atoms with E-state index in [1.165, 1.54) is 11.1 Å². The van der Waals surface area contributed by atoms with Crippen molar-refractivity contribution in [1.29, 1.82) is 0 Å². The SMILES string of the molecule is c1ccc(C2CN(CCc3ccncc3)CCN2)cc1. The lowest BCUT2D eigenvalue weighted by Crippen LogP contribution is -2.46. The van der Waals surface area contributed by atoms with Gasteiger partial charge in [-0.3, -0.25) is 9.88 Å². The highest BCUT2D eigenvalue weighted by Gasteiger charge is 2.19. The van der Waals surface area contributed by atoms with Crippen LogP contribution in [0.1, 0.15) is 17.2 Å². The molecule has 20 heavy (non-hydrogen) atoms. The molecule has 1 aromatic heterocycles. The summed E-state index contributed by atoms with van der Waals surface area (Å²) in [4.78, 5) is 6.62. The highest BCUT2D eigenvalue weighted by molar-refractivity contribution is 5.20. The standard InChI is InChI=1S/C17H21N3/c1-2-4-16(5-3-1)17-14-20(13-11-19-17)12-8-15-6-9-18-10-7-15/h1-7,9-10,17,19H,8,11-14H2. The molecule has 3 nitrogen and oxygen atoms in total. The fourth-order valence-corrected chi connectivity index (χ4v) is 2.76. The Labute approximate surface area is 120 Å². The molecule has 1 aromatic carbocycles. The zero-order valence-corrected chi connectivity index (χ0v) is 11.7. The largest absolute Gasteiger partial charge is 0.308 e. The van der Waals surface area contributed by atoms with E-state index < -0.39 is 0 Å². The molecule has 1 aliphatic rings. The van der Waals surface area contributed by atoms with E-state index in [0.717, 1.165) is 32.6 Å². The Hall–Kier alpha value is -1.71. The predicted molar refractivity (Wildman–Crippen MR) is 81.6 cm³/mol. The summed E-state index contributed by atoms with van der Waals surface area (Å²) in [5.74, 6) is 0. The molecule has 3 rings (SSSR count). The van der Waals surface area contributed by atoms with Gasteiger partial charge < -0.3 is 5.32 Å². The van der Waals surface area contributed by atoms with Crippen molar-refractivity contribution in [3.8, 4) is 0 Å². The van der Waals surface area contributed by atoms with Gasteiger partial charge in [0.1, 0.15) is 0 Å². The van der Waals surface area contributed by atoms with Gasteiger partial charge in [0, 0.05) is 44.6 Å². The lowest BCUT2D eigenvalue weighted by Gasteiger charge is -2.34. The maximum atomic E-state index is 4.07. The Kier molecular flexibility index (Phi) is 4.41. The summed E-state index contributed by atoms with van der Waals surface area (Å²) in [5, 5.41) is 3.61. The maximum Gasteiger partial charge on any atom is 0.0449 e. The number of pyridine rings is 1. The third-order valence-electron chi connectivity index (χ3n) is 3.93. The van der Waals surface area contributed by atoms with Crippen LogP contribution in [0.3, 0.4) is 0 Å². The van der Waals surface area contributed by atoms with E-state index in [2.05, 4.69) is 57.7 Å². The Morgan fingerprint density at radius 1 is 1.10 bits per heavy atom. The zero-order chi connectivity index (χ0) is 13.6. The maximum absolute atomic E-state index is 4.07. The topological polar surface area (TPSA) is 28.2 Å². The van der Waals surface area contributed by atoms with Crippen LogP contribution in [0.2, 0.25) is 0 Å². The molecule has 0 amide bonds. The molecule has 0 bridgehead atoms. The molecule has 104 valence electrons. The van der Waals surface area contributed by atoms with E-state index in [-0.39, 0.29) is 0 Å². The van der Waals surface area contributed by atoms with Crippen LogP contribution in [0.4, 0.5) is 0 Å². The fourth-order valence-electron chi connectivity index (χ4n) is 2.76. The van der Waals surface area contributed by atoms with Gasteiger partial charge in [-0.05, 0) is 29.7 Å². The van der Waals surface area contributed by atoms with E-state index >= 15 is 0 Å². The van der Waals surface area contributed by atoms with Crippen molar-refractivity contribution in [3.05, 3.63) is 66.0 Å². The van der Waals surface area contributed by atoms with Crippen molar-refractivity contribution < 1.29 is 0 Å². The van der Waals surface area contributed by atoms with Gasteiger partial charge in [-0.25, -0.2) is 0 Å². The number of aromatic nitrogens is 1. The molecule has 1 aliphatic heterocycles. The number of benzene rings is 1. The van der Waals surface area contributed by atoms with Crippen molar-refractivity contribution in [2.45, 2.75) is 12.5 Å². The Morgan fingerprint density at radius 2 is 1.90 bits per heavy atom. The van der Waals surface area contributed by atoms with Gasteiger partial charge in [0.05, 0.1) is 0 Å². The lowest BCUT2D eigenvalue weighted by atomic mass is 10.0. The summed E-state index contributed by atoms with van der Waals surface area (Å²) < 4.78 is 0. The summed E-state index contributed by atoms with van der Waals surface area (Å²) in [6, 6.07) is 15.4. The minimum atomic E-state index is 0.461. The summed E-state index contributed by atoms with van der Waals surface area (Å²) >= 11 is 0. The minimum absolute atomic E-state index is 0.461. The second-order valence-corrected chi connectivity index (χ2v) is 5.32. The monoisotopic (exact) mass is 267 g/mol. The Bertz CT molecular complexity index is 512. The summed E-state index contributed by atoms with van der Waals surface area (Å²) in [6.45, 7) is 4.41. The van der Waals surface area contributed by atoms with E-state index in [9.17, 15) is 0 Å². The van der Waals surface area contributed by atoms with E-state index in [1.54, 1.807) is 0 Å². The molecule has 1 saturated heterocycles. The average Bonchev–Trinajstić information content (AvgIpc) is 2.55. The summed E-state index contributed by atoms with van der Waals surface area (Å²) in [7, 11) is 0. The van der Waals surface area contributed by atoms with E-state index in [1.807, 2.05) is 12.4 Å². The Balaban J connectivity index is 1.56. The quantitative estimate of drug-likeness (QED) is 0.921. The van der Waals surface area contributed by atoms with Crippen molar-refractivity contribution in [2.75, 3.05) is 26.2 Å². The lowest BCUT2D eigenvalue weighted by molar-refractivity contribution is 0.203. The number of rotatable bonds is 4. The van der Waals surface area contributed by atoms with Crippen LogP contribution in [-0.2, 0) is 6.42 Å². The summed E-state index contributed by atoms with van der Waals surface area (Å²) in [5.41, 5.74) is 2.76. The first-order chi connectivity index (χ1) is 9.92. The molecule has 0 radical (unpaired) electrons. The third kappa shape index (κ3) is 3.44. The van der Waals surface area contributed by atoms with E-state index in [0.29, 0.717) is 6.04 Å². The van der Waals surface area contributed by atoms with Crippen LogP contribution in [0.15, 0.2) is 54.9 Å². The first-order valence-electron chi connectivity index (χ1n) is 7.31. The number of hydrogen-bond acceptors (Lipinski definition) is 3. The van der Waals surface area contributed by atoms with Gasteiger partial charge in [-0.15, -0.1) is 0 Å². The molecular weight excluding hydrogens is 246 g/mol. The fraction of sp³-hybridized carbons (Fsp3) is 0.353. The van der Waals surface area contributed by atoms with Gasteiger partial charge in [-0.1, -0.05) is 30.3 Å². The average molecular weight is 267 g/mol. The number of hydrogen-bond donors (Lipinski definition) is 1. The molecule has 1 N–H and O–H groups in total.